The molecule has 1 amide bonds. The van der Waals surface area contributed by atoms with Crippen LogP contribution in [0.25, 0.3) is 0 Å². The average Bonchev–Trinajstić information content (AvgIpc) is 2.85. The summed E-state index contributed by atoms with van der Waals surface area (Å²) in [6.07, 6.45) is 5.37. The van der Waals surface area contributed by atoms with E-state index < -0.39 is 0 Å². The molecule has 3 rings (SSSR count). The predicted molar refractivity (Wildman–Crippen MR) is 80.1 cm³/mol. The number of carbonyl (C=O) groups excluding carboxylic acids is 2. The second-order valence-electron chi connectivity index (χ2n) is 5.42. The Morgan fingerprint density at radius 1 is 1.27 bits per heavy atom. The fourth-order valence-electron chi connectivity index (χ4n) is 2.69. The number of hydrogen-bond acceptors (Lipinski definition) is 5. The summed E-state index contributed by atoms with van der Waals surface area (Å²) in [5.74, 6) is -0.215. The van der Waals surface area contributed by atoms with Crippen LogP contribution >= 0.6 is 0 Å². The van der Waals surface area contributed by atoms with E-state index >= 15 is 0 Å². The maximum absolute atomic E-state index is 12.7. The fourth-order valence-corrected chi connectivity index (χ4v) is 2.69. The second kappa shape index (κ2) is 5.25. The van der Waals surface area contributed by atoms with E-state index in [1.54, 1.807) is 31.1 Å². The third-order valence-corrected chi connectivity index (χ3v) is 4.06. The maximum atomic E-state index is 12.7. The maximum Gasteiger partial charge on any atom is 0.280 e. The van der Waals surface area contributed by atoms with Crippen LogP contribution in [0.3, 0.4) is 0 Å². The molecule has 2 aromatic heterocycles. The van der Waals surface area contributed by atoms with Gasteiger partial charge in [-0.1, -0.05) is 0 Å². The molecule has 1 aliphatic rings. The van der Waals surface area contributed by atoms with Gasteiger partial charge >= 0.3 is 0 Å². The van der Waals surface area contributed by atoms with Gasteiger partial charge in [-0.2, -0.15) is 9.78 Å². The topological polar surface area (TPSA) is 94.1 Å². The van der Waals surface area contributed by atoms with Crippen molar-refractivity contribution in [3.63, 3.8) is 0 Å². The monoisotopic (exact) mass is 299 g/mol. The Morgan fingerprint density at radius 3 is 2.68 bits per heavy atom. The van der Waals surface area contributed by atoms with Crippen molar-refractivity contribution in [3.8, 4) is 0 Å². The highest BCUT2D eigenvalue weighted by atomic mass is 16.2. The first kappa shape index (κ1) is 14.2. The molecular formula is C15H17N5O2. The summed E-state index contributed by atoms with van der Waals surface area (Å²) in [7, 11) is 0. The van der Waals surface area contributed by atoms with E-state index in [1.165, 1.54) is 10.9 Å². The quantitative estimate of drug-likeness (QED) is 0.839. The molecule has 7 nitrogen and oxygen atoms in total. The SMILES string of the molecule is CC(=O)N1CCc2c(cncc2C(=O)n2ncc(N)c2C)C1. The van der Waals surface area contributed by atoms with Gasteiger partial charge in [-0.25, -0.2) is 0 Å². The molecule has 1 aliphatic heterocycles. The van der Waals surface area contributed by atoms with Gasteiger partial charge in [0.1, 0.15) is 0 Å². The number of aromatic nitrogens is 3. The minimum Gasteiger partial charge on any atom is -0.396 e. The van der Waals surface area contributed by atoms with Crippen molar-refractivity contribution in [2.24, 2.45) is 0 Å². The molecule has 114 valence electrons. The summed E-state index contributed by atoms with van der Waals surface area (Å²) in [5, 5.41) is 4.03. The number of nitrogens with two attached hydrogens (primary N) is 1. The first-order chi connectivity index (χ1) is 10.5. The molecule has 0 bridgehead atoms. The Morgan fingerprint density at radius 2 is 2.05 bits per heavy atom. The van der Waals surface area contributed by atoms with Gasteiger partial charge < -0.3 is 10.6 Å². The lowest BCUT2D eigenvalue weighted by Crippen LogP contribution is -2.35. The standard InChI is InChI=1S/C15H17N5O2/c1-9-14(16)7-18-20(9)15(22)13-6-17-5-11-8-19(10(2)21)4-3-12(11)13/h5-7H,3-4,8,16H2,1-2H3. The number of nitrogens with zero attached hydrogens (tertiary/aromatic N) is 4. The Balaban J connectivity index is 2.00. The van der Waals surface area contributed by atoms with Gasteiger partial charge in [-0.3, -0.25) is 14.6 Å². The number of nitrogen functional groups attached to an aromatic ring is 1. The highest BCUT2D eigenvalue weighted by Gasteiger charge is 2.25. The first-order valence-electron chi connectivity index (χ1n) is 7.05. The van der Waals surface area contributed by atoms with Gasteiger partial charge in [-0.15, -0.1) is 0 Å². The highest BCUT2D eigenvalue weighted by molar-refractivity contribution is 5.97. The van der Waals surface area contributed by atoms with E-state index in [4.69, 9.17) is 5.73 Å². The van der Waals surface area contributed by atoms with Crippen LogP contribution in [-0.2, 0) is 17.8 Å². The van der Waals surface area contributed by atoms with E-state index in [1.807, 2.05) is 0 Å². The van der Waals surface area contributed by atoms with Crippen molar-refractivity contribution in [2.45, 2.75) is 26.8 Å². The average molecular weight is 299 g/mol. The zero-order valence-electron chi connectivity index (χ0n) is 12.5. The highest BCUT2D eigenvalue weighted by Crippen LogP contribution is 2.23. The lowest BCUT2D eigenvalue weighted by atomic mass is 9.96. The normalized spacial score (nSPS) is 13.8. The van der Waals surface area contributed by atoms with E-state index in [0.717, 1.165) is 11.1 Å². The smallest absolute Gasteiger partial charge is 0.280 e. The molecule has 0 unspecified atom stereocenters. The molecule has 0 atom stereocenters. The van der Waals surface area contributed by atoms with Crippen molar-refractivity contribution in [2.75, 3.05) is 12.3 Å². The van der Waals surface area contributed by atoms with Gasteiger partial charge in [-0.05, 0) is 24.5 Å². The number of amides is 1. The Kier molecular flexibility index (Phi) is 3.40. The molecule has 0 saturated heterocycles. The lowest BCUT2D eigenvalue weighted by Gasteiger charge is -2.28. The Hall–Kier alpha value is -2.70. The van der Waals surface area contributed by atoms with Crippen molar-refractivity contribution in [1.82, 2.24) is 19.7 Å². The van der Waals surface area contributed by atoms with Crippen LogP contribution in [0.4, 0.5) is 5.69 Å². The Bertz CT molecular complexity index is 765. The summed E-state index contributed by atoms with van der Waals surface area (Å²) in [5.41, 5.74) is 9.21. The number of rotatable bonds is 1. The number of anilines is 1. The van der Waals surface area contributed by atoms with Crippen molar-refractivity contribution in [1.29, 1.82) is 0 Å². The number of hydrogen-bond donors (Lipinski definition) is 1. The number of fused-ring (bicyclic) bond motifs is 1. The van der Waals surface area contributed by atoms with Gasteiger partial charge in [0.15, 0.2) is 0 Å². The molecule has 0 radical (unpaired) electrons. The molecule has 0 spiro atoms. The van der Waals surface area contributed by atoms with Gasteiger partial charge in [0.05, 0.1) is 23.1 Å². The van der Waals surface area contributed by atoms with Crippen LogP contribution in [0, 0.1) is 6.92 Å². The largest absolute Gasteiger partial charge is 0.396 e. The van der Waals surface area contributed by atoms with Crippen LogP contribution in [-0.4, -0.2) is 38.0 Å². The minimum atomic E-state index is -0.241. The van der Waals surface area contributed by atoms with Gasteiger partial charge in [0.25, 0.3) is 5.91 Å². The van der Waals surface area contributed by atoms with Crippen molar-refractivity contribution in [3.05, 3.63) is 41.0 Å². The summed E-state index contributed by atoms with van der Waals surface area (Å²) in [6, 6.07) is 0. The Labute approximate surface area is 127 Å². The minimum absolute atomic E-state index is 0.0260. The van der Waals surface area contributed by atoms with Crippen molar-refractivity contribution >= 4 is 17.5 Å². The molecule has 0 aliphatic carbocycles. The van der Waals surface area contributed by atoms with E-state index in [9.17, 15) is 9.59 Å². The zero-order valence-corrected chi connectivity index (χ0v) is 12.5. The van der Waals surface area contributed by atoms with Crippen LogP contribution in [0.2, 0.25) is 0 Å². The summed E-state index contributed by atoms with van der Waals surface area (Å²) in [6.45, 7) is 4.38. The molecular weight excluding hydrogens is 282 g/mol. The van der Waals surface area contributed by atoms with Gasteiger partial charge in [0, 0.05) is 32.4 Å². The third-order valence-electron chi connectivity index (χ3n) is 4.06. The summed E-state index contributed by atoms with van der Waals surface area (Å²) >= 11 is 0. The molecule has 2 N–H and O–H groups in total. The number of pyridine rings is 1. The number of carbonyl (C=O) groups is 2. The second-order valence-corrected chi connectivity index (χ2v) is 5.42. The van der Waals surface area contributed by atoms with E-state index in [0.29, 0.717) is 36.5 Å². The van der Waals surface area contributed by atoms with Crippen LogP contribution in [0.15, 0.2) is 18.6 Å². The predicted octanol–water partition coefficient (Wildman–Crippen LogP) is 0.762. The van der Waals surface area contributed by atoms with Crippen molar-refractivity contribution < 1.29 is 9.59 Å². The zero-order chi connectivity index (χ0) is 15.9. The van der Waals surface area contributed by atoms with Crippen LogP contribution in [0.1, 0.15) is 34.1 Å². The molecule has 0 aromatic carbocycles. The molecule has 3 heterocycles. The van der Waals surface area contributed by atoms with E-state index in [-0.39, 0.29) is 11.8 Å². The molecule has 0 fully saturated rings. The summed E-state index contributed by atoms with van der Waals surface area (Å²) in [4.78, 5) is 30.1. The molecule has 0 saturated carbocycles. The van der Waals surface area contributed by atoms with Gasteiger partial charge in [0.2, 0.25) is 5.91 Å². The first-order valence-corrected chi connectivity index (χ1v) is 7.05. The van der Waals surface area contributed by atoms with E-state index in [2.05, 4.69) is 10.1 Å². The lowest BCUT2D eigenvalue weighted by molar-refractivity contribution is -0.129. The third kappa shape index (κ3) is 2.24. The molecule has 2 aromatic rings. The summed E-state index contributed by atoms with van der Waals surface area (Å²) < 4.78 is 1.30. The van der Waals surface area contributed by atoms with Crippen LogP contribution < -0.4 is 5.73 Å². The molecule has 7 heteroatoms. The van der Waals surface area contributed by atoms with Crippen LogP contribution in [0.5, 0.6) is 0 Å². The molecule has 22 heavy (non-hydrogen) atoms. The fraction of sp³-hybridized carbons (Fsp3) is 0.333.